The van der Waals surface area contributed by atoms with Crippen molar-refractivity contribution in [3.63, 3.8) is 0 Å². The third-order valence-corrected chi connectivity index (χ3v) is 8.40. The Balaban J connectivity index is 1.57. The monoisotopic (exact) mass is 640 g/mol. The lowest BCUT2D eigenvalue weighted by Gasteiger charge is -2.33. The molecule has 2 unspecified atom stereocenters. The molecule has 1 fully saturated rings. The molecule has 244 valence electrons. The summed E-state index contributed by atoms with van der Waals surface area (Å²) in [6.45, 7) is 5.26. The fourth-order valence-corrected chi connectivity index (χ4v) is 6.02. The van der Waals surface area contributed by atoms with E-state index < -0.39 is 35.9 Å². The maximum absolute atomic E-state index is 14.0. The molecule has 0 spiro atoms. The van der Waals surface area contributed by atoms with Crippen LogP contribution in [-0.2, 0) is 17.4 Å². The van der Waals surface area contributed by atoms with Crippen molar-refractivity contribution < 1.29 is 32.2 Å². The van der Waals surface area contributed by atoms with Crippen LogP contribution in [0.2, 0.25) is 0 Å². The predicted octanol–water partition coefficient (Wildman–Crippen LogP) is 5.53. The average Bonchev–Trinajstić information content (AvgIpc) is 3.50. The van der Waals surface area contributed by atoms with Crippen molar-refractivity contribution in [2.45, 2.75) is 51.4 Å². The number of aliphatic hydroxyl groups is 1. The maximum Gasteiger partial charge on any atom is 0.419 e. The summed E-state index contributed by atoms with van der Waals surface area (Å²) >= 11 is 0. The van der Waals surface area contributed by atoms with Crippen LogP contribution in [-0.4, -0.2) is 69.3 Å². The molecule has 1 aromatic heterocycles. The number of benzene rings is 3. The second kappa shape index (κ2) is 14.0. The number of rotatable bonds is 11. The maximum atomic E-state index is 14.0. The van der Waals surface area contributed by atoms with Crippen LogP contribution in [0.5, 0.6) is 5.75 Å². The molecule has 3 aromatic carbocycles. The van der Waals surface area contributed by atoms with Gasteiger partial charge in [0.05, 0.1) is 47.8 Å². The van der Waals surface area contributed by atoms with Crippen molar-refractivity contribution in [3.05, 3.63) is 99.9 Å². The number of halogens is 4. The number of carbonyl (C=O) groups excluding carboxylic acids is 1. The van der Waals surface area contributed by atoms with Crippen molar-refractivity contribution in [3.8, 4) is 11.4 Å². The fourth-order valence-electron chi connectivity index (χ4n) is 6.02. The van der Waals surface area contributed by atoms with Gasteiger partial charge in [-0.15, -0.1) is 0 Å². The Bertz CT molecular complexity index is 1740. The van der Waals surface area contributed by atoms with Gasteiger partial charge in [0.15, 0.2) is 0 Å². The van der Waals surface area contributed by atoms with E-state index in [9.17, 15) is 32.3 Å². The van der Waals surface area contributed by atoms with Crippen LogP contribution in [0.3, 0.4) is 0 Å². The Kier molecular flexibility index (Phi) is 10.1. The molecule has 46 heavy (non-hydrogen) atoms. The number of para-hydroxylation sites is 1. The first kappa shape index (κ1) is 33.1. The second-order valence-corrected chi connectivity index (χ2v) is 11.3. The van der Waals surface area contributed by atoms with Crippen molar-refractivity contribution in [1.82, 2.24) is 19.4 Å². The van der Waals surface area contributed by atoms with Gasteiger partial charge in [-0.2, -0.15) is 13.2 Å². The minimum atomic E-state index is -4.92. The highest BCUT2D eigenvalue weighted by atomic mass is 19.4. The van der Waals surface area contributed by atoms with E-state index in [1.54, 1.807) is 55.5 Å². The zero-order valence-corrected chi connectivity index (χ0v) is 25.6. The quantitative estimate of drug-likeness (QED) is 0.217. The van der Waals surface area contributed by atoms with E-state index >= 15 is 0 Å². The number of nitrogens with zero attached hydrogens (tertiary/aromatic N) is 4. The van der Waals surface area contributed by atoms with Crippen molar-refractivity contribution in [2.24, 2.45) is 0 Å². The molecule has 1 amide bonds. The normalized spacial score (nSPS) is 16.1. The molecule has 2 heterocycles. The van der Waals surface area contributed by atoms with Gasteiger partial charge in [0.2, 0.25) is 5.91 Å². The molecule has 2 atom stereocenters. The highest BCUT2D eigenvalue weighted by molar-refractivity contribution is 5.80. The molecule has 0 bridgehead atoms. The number of hydrogen-bond acceptors (Lipinski definition) is 6. The topological polar surface area (TPSA) is 87.9 Å². The molecule has 5 rings (SSSR count). The van der Waals surface area contributed by atoms with Gasteiger partial charge in [-0.25, -0.2) is 9.37 Å². The molecule has 1 aliphatic rings. The van der Waals surface area contributed by atoms with E-state index in [0.717, 1.165) is 25.5 Å². The number of hydrogen-bond donors (Lipinski definition) is 1. The smallest absolute Gasteiger partial charge is 0.419 e. The summed E-state index contributed by atoms with van der Waals surface area (Å²) in [7, 11) is 0. The van der Waals surface area contributed by atoms with Crippen LogP contribution in [0.15, 0.2) is 71.5 Å². The van der Waals surface area contributed by atoms with Crippen molar-refractivity contribution in [1.29, 1.82) is 0 Å². The minimum Gasteiger partial charge on any atom is -0.494 e. The van der Waals surface area contributed by atoms with E-state index in [4.69, 9.17) is 9.72 Å². The van der Waals surface area contributed by atoms with Gasteiger partial charge in [0.25, 0.3) is 5.56 Å². The van der Waals surface area contributed by atoms with Gasteiger partial charge in [0, 0.05) is 19.1 Å². The van der Waals surface area contributed by atoms with Gasteiger partial charge >= 0.3 is 6.18 Å². The van der Waals surface area contributed by atoms with Gasteiger partial charge in [0.1, 0.15) is 17.4 Å². The number of amides is 1. The summed E-state index contributed by atoms with van der Waals surface area (Å²) in [6.07, 6.45) is -3.67. The Morgan fingerprint density at radius 3 is 2.57 bits per heavy atom. The van der Waals surface area contributed by atoms with Gasteiger partial charge in [-0.3, -0.25) is 19.1 Å². The van der Waals surface area contributed by atoms with E-state index in [1.165, 1.54) is 9.47 Å². The van der Waals surface area contributed by atoms with Gasteiger partial charge in [-0.05, 0) is 87.3 Å². The van der Waals surface area contributed by atoms with E-state index in [-0.39, 0.29) is 36.1 Å². The van der Waals surface area contributed by atoms with Crippen LogP contribution in [0.4, 0.5) is 17.6 Å². The van der Waals surface area contributed by atoms with E-state index in [2.05, 4.69) is 4.90 Å². The van der Waals surface area contributed by atoms with Crippen LogP contribution in [0.1, 0.15) is 49.7 Å². The fraction of sp³-hybridized carbons (Fsp3) is 0.382. The lowest BCUT2D eigenvalue weighted by atomic mass is 10.1. The summed E-state index contributed by atoms with van der Waals surface area (Å²) in [5, 5.41) is 10.2. The summed E-state index contributed by atoms with van der Waals surface area (Å²) in [5.41, 5.74) is -0.870. The average molecular weight is 641 g/mol. The first-order chi connectivity index (χ1) is 22.0. The largest absolute Gasteiger partial charge is 0.494 e. The van der Waals surface area contributed by atoms with Crippen molar-refractivity contribution in [2.75, 3.05) is 32.8 Å². The first-order valence-electron chi connectivity index (χ1n) is 15.3. The molecule has 1 aliphatic heterocycles. The number of aromatic nitrogens is 2. The molecular weight excluding hydrogens is 604 g/mol. The highest BCUT2D eigenvalue weighted by Gasteiger charge is 2.35. The van der Waals surface area contributed by atoms with Crippen molar-refractivity contribution >= 4 is 16.8 Å². The molecule has 0 radical (unpaired) electrons. The SMILES string of the molecule is CCOc1ccc(-n2c(C(C)N(CCN3CCCC3CO)C(=O)Cc3ccc(F)c(C(F)(F)F)c3)nc3ccccc3c2=O)cc1. The Morgan fingerprint density at radius 2 is 1.87 bits per heavy atom. The molecule has 0 aliphatic carbocycles. The summed E-state index contributed by atoms with van der Waals surface area (Å²) in [6, 6.07) is 15.4. The number of ether oxygens (including phenoxy) is 1. The number of alkyl halides is 3. The van der Waals surface area contributed by atoms with Crippen LogP contribution in [0.25, 0.3) is 16.6 Å². The van der Waals surface area contributed by atoms with E-state index in [0.29, 0.717) is 47.6 Å². The number of aliphatic hydroxyl groups excluding tert-OH is 1. The number of fused-ring (bicyclic) bond motifs is 1. The molecular formula is C34H36F4N4O4. The van der Waals surface area contributed by atoms with Crippen LogP contribution >= 0.6 is 0 Å². The molecule has 4 aromatic rings. The van der Waals surface area contributed by atoms with Crippen LogP contribution in [0, 0.1) is 5.82 Å². The first-order valence-corrected chi connectivity index (χ1v) is 15.3. The molecule has 12 heteroatoms. The van der Waals surface area contributed by atoms with Gasteiger partial charge < -0.3 is 14.7 Å². The minimum absolute atomic E-state index is 0.000654. The lowest BCUT2D eigenvalue weighted by molar-refractivity contribution is -0.140. The standard InChI is InChI=1S/C34H36F4N4O4/c1-3-46-26-13-11-24(12-14-26)42-32(39-30-9-5-4-8-27(30)33(42)45)22(2)41(18-17-40-16-6-7-25(40)21-43)31(44)20-23-10-15-29(35)28(19-23)34(36,37)38/h4-5,8-15,19,22,25,43H,3,6-7,16-18,20-21H2,1-2H3. The van der Waals surface area contributed by atoms with Gasteiger partial charge in [-0.1, -0.05) is 18.2 Å². The molecule has 1 saturated heterocycles. The zero-order valence-electron chi connectivity index (χ0n) is 25.6. The third-order valence-electron chi connectivity index (χ3n) is 8.40. The highest BCUT2D eigenvalue weighted by Crippen LogP contribution is 2.32. The van der Waals surface area contributed by atoms with E-state index in [1.807, 2.05) is 6.92 Å². The Labute approximate surface area is 263 Å². The Morgan fingerprint density at radius 1 is 1.13 bits per heavy atom. The molecule has 8 nitrogen and oxygen atoms in total. The molecule has 0 saturated carbocycles. The summed E-state index contributed by atoms with van der Waals surface area (Å²) < 4.78 is 61.4. The number of carbonyl (C=O) groups is 1. The Hall–Kier alpha value is -4.29. The summed E-state index contributed by atoms with van der Waals surface area (Å²) in [5.74, 6) is -1.07. The second-order valence-electron chi connectivity index (χ2n) is 11.3. The summed E-state index contributed by atoms with van der Waals surface area (Å²) in [4.78, 5) is 36.4. The zero-order chi connectivity index (χ0) is 33.0. The number of likely N-dealkylation sites (tertiary alicyclic amines) is 1. The lowest BCUT2D eigenvalue weighted by Crippen LogP contribution is -2.44. The molecule has 1 N–H and O–H groups in total. The van der Waals surface area contributed by atoms with Crippen LogP contribution < -0.4 is 10.3 Å². The predicted molar refractivity (Wildman–Crippen MR) is 165 cm³/mol. The third kappa shape index (κ3) is 7.07.